The predicted molar refractivity (Wildman–Crippen MR) is 102 cm³/mol. The molecule has 0 unspecified atom stereocenters. The SMILES string of the molecule is C=C(/C=C\C)C(=O)N1N=C(c2ccc(F)cc2C)CC1(C)C.C=CN. The van der Waals surface area contributed by atoms with Crippen molar-refractivity contribution in [3.63, 3.8) is 0 Å². The zero-order valence-corrected chi connectivity index (χ0v) is 15.3. The van der Waals surface area contributed by atoms with E-state index < -0.39 is 5.54 Å². The summed E-state index contributed by atoms with van der Waals surface area (Å²) in [5.74, 6) is -0.480. The number of hydrazone groups is 1. The Balaban J connectivity index is 0.000000970. The second-order valence-corrected chi connectivity index (χ2v) is 6.37. The summed E-state index contributed by atoms with van der Waals surface area (Å²) >= 11 is 0. The third-order valence-corrected chi connectivity index (χ3v) is 3.73. The molecule has 0 aliphatic carbocycles. The van der Waals surface area contributed by atoms with Crippen LogP contribution in [0.15, 0.2) is 60.4 Å². The minimum absolute atomic E-state index is 0.210. The third-order valence-electron chi connectivity index (χ3n) is 3.73. The summed E-state index contributed by atoms with van der Waals surface area (Å²) in [6, 6.07) is 4.61. The van der Waals surface area contributed by atoms with Crippen molar-refractivity contribution in [1.29, 1.82) is 0 Å². The molecule has 1 amide bonds. The molecule has 0 radical (unpaired) electrons. The lowest BCUT2D eigenvalue weighted by Crippen LogP contribution is -2.41. The highest BCUT2D eigenvalue weighted by molar-refractivity contribution is 6.06. The van der Waals surface area contributed by atoms with Gasteiger partial charge in [-0.15, -0.1) is 0 Å². The topological polar surface area (TPSA) is 58.7 Å². The predicted octanol–water partition coefficient (Wildman–Crippen LogP) is 4.07. The summed E-state index contributed by atoms with van der Waals surface area (Å²) in [6.07, 6.45) is 5.32. The first-order valence-electron chi connectivity index (χ1n) is 8.00. The monoisotopic (exact) mass is 343 g/mol. The maximum atomic E-state index is 13.3. The molecule has 2 N–H and O–H groups in total. The van der Waals surface area contributed by atoms with Gasteiger partial charge in [0.05, 0.1) is 11.3 Å². The number of hydrogen-bond acceptors (Lipinski definition) is 3. The van der Waals surface area contributed by atoms with Crippen LogP contribution < -0.4 is 5.73 Å². The fourth-order valence-corrected chi connectivity index (χ4v) is 2.60. The molecular formula is C20H26FN3O. The molecule has 0 atom stereocenters. The molecule has 25 heavy (non-hydrogen) atoms. The molecule has 4 nitrogen and oxygen atoms in total. The van der Waals surface area contributed by atoms with E-state index in [-0.39, 0.29) is 11.7 Å². The molecule has 5 heteroatoms. The number of allylic oxidation sites excluding steroid dienone is 1. The first kappa shape index (κ1) is 20.4. The fraction of sp³-hybridized carbons (Fsp3) is 0.300. The second kappa shape index (κ2) is 8.42. The molecule has 1 aliphatic heterocycles. The van der Waals surface area contributed by atoms with Crippen LogP contribution in [-0.4, -0.2) is 22.2 Å². The molecule has 0 spiro atoms. The number of amides is 1. The summed E-state index contributed by atoms with van der Waals surface area (Å²) in [5.41, 5.74) is 7.07. The van der Waals surface area contributed by atoms with E-state index in [0.717, 1.165) is 16.8 Å². The standard InChI is InChI=1S/C18H21FN2O.C2H5N/c1-6-7-12(2)17(22)21-18(4,5)11-16(20-21)15-9-8-14(19)10-13(15)3;1-2-3/h6-10H,2,11H2,1,3-5H3;2H,1,3H2/b7-6-;. The van der Waals surface area contributed by atoms with Gasteiger partial charge in [0.1, 0.15) is 5.82 Å². The number of hydrogen-bond donors (Lipinski definition) is 1. The van der Waals surface area contributed by atoms with Crippen molar-refractivity contribution < 1.29 is 9.18 Å². The number of nitrogens with zero attached hydrogens (tertiary/aromatic N) is 2. The Morgan fingerprint density at radius 1 is 1.44 bits per heavy atom. The van der Waals surface area contributed by atoms with E-state index in [1.165, 1.54) is 23.3 Å². The van der Waals surface area contributed by atoms with Gasteiger partial charge in [0.2, 0.25) is 0 Å². The van der Waals surface area contributed by atoms with Crippen LogP contribution in [0.4, 0.5) is 4.39 Å². The number of benzene rings is 1. The van der Waals surface area contributed by atoms with Crippen LogP contribution in [0.3, 0.4) is 0 Å². The number of nitrogens with two attached hydrogens (primary N) is 1. The highest BCUT2D eigenvalue weighted by Gasteiger charge is 2.39. The van der Waals surface area contributed by atoms with Crippen LogP contribution in [0.2, 0.25) is 0 Å². The van der Waals surface area contributed by atoms with E-state index in [0.29, 0.717) is 12.0 Å². The van der Waals surface area contributed by atoms with Crippen LogP contribution in [0.1, 0.15) is 38.3 Å². The molecule has 134 valence electrons. The maximum Gasteiger partial charge on any atom is 0.273 e. The van der Waals surface area contributed by atoms with Crippen LogP contribution >= 0.6 is 0 Å². The molecule has 0 aromatic heterocycles. The number of halogens is 1. The average molecular weight is 343 g/mol. The molecule has 0 saturated carbocycles. The van der Waals surface area contributed by atoms with E-state index in [1.54, 1.807) is 18.2 Å². The largest absolute Gasteiger partial charge is 0.405 e. The normalized spacial score (nSPS) is 15.4. The smallest absolute Gasteiger partial charge is 0.273 e. The minimum Gasteiger partial charge on any atom is -0.405 e. The Morgan fingerprint density at radius 3 is 2.56 bits per heavy atom. The van der Waals surface area contributed by atoms with Crippen molar-refractivity contribution in [2.45, 2.75) is 39.7 Å². The van der Waals surface area contributed by atoms with Gasteiger partial charge in [0, 0.05) is 17.6 Å². The molecule has 1 heterocycles. The van der Waals surface area contributed by atoms with Gasteiger partial charge in [0.25, 0.3) is 5.91 Å². The van der Waals surface area contributed by atoms with Gasteiger partial charge < -0.3 is 5.73 Å². The highest BCUT2D eigenvalue weighted by Crippen LogP contribution is 2.31. The van der Waals surface area contributed by atoms with Gasteiger partial charge >= 0.3 is 0 Å². The first-order valence-corrected chi connectivity index (χ1v) is 8.00. The third kappa shape index (κ3) is 4.89. The number of carbonyl (C=O) groups is 1. The van der Waals surface area contributed by atoms with E-state index in [9.17, 15) is 9.18 Å². The summed E-state index contributed by atoms with van der Waals surface area (Å²) in [6.45, 7) is 14.5. The zero-order valence-electron chi connectivity index (χ0n) is 15.3. The highest BCUT2D eigenvalue weighted by atomic mass is 19.1. The van der Waals surface area contributed by atoms with Crippen LogP contribution in [0, 0.1) is 12.7 Å². The van der Waals surface area contributed by atoms with E-state index >= 15 is 0 Å². The molecule has 1 aromatic carbocycles. The van der Waals surface area contributed by atoms with Crippen molar-refractivity contribution in [3.05, 3.63) is 72.2 Å². The van der Waals surface area contributed by atoms with Gasteiger partial charge in [-0.25, -0.2) is 9.40 Å². The van der Waals surface area contributed by atoms with Crippen LogP contribution in [0.5, 0.6) is 0 Å². The summed E-state index contributed by atoms with van der Waals surface area (Å²) in [5, 5.41) is 5.97. The molecule has 1 aliphatic rings. The van der Waals surface area contributed by atoms with E-state index in [4.69, 9.17) is 0 Å². The number of aryl methyl sites for hydroxylation is 1. The molecule has 0 saturated heterocycles. The van der Waals surface area contributed by atoms with Crippen molar-refractivity contribution in [3.8, 4) is 0 Å². The lowest BCUT2D eigenvalue weighted by Gasteiger charge is -2.28. The van der Waals surface area contributed by atoms with Crippen LogP contribution in [-0.2, 0) is 4.79 Å². The Hall–Kier alpha value is -2.69. The van der Waals surface area contributed by atoms with Gasteiger partial charge in [-0.1, -0.05) is 25.3 Å². The molecule has 0 fully saturated rings. The Labute approximate surface area is 149 Å². The maximum absolute atomic E-state index is 13.3. The van der Waals surface area contributed by atoms with Gasteiger partial charge in [-0.2, -0.15) is 5.10 Å². The van der Waals surface area contributed by atoms with Gasteiger partial charge in [-0.3, -0.25) is 4.79 Å². The summed E-state index contributed by atoms with van der Waals surface area (Å²) in [7, 11) is 0. The van der Waals surface area contributed by atoms with Gasteiger partial charge in [-0.05, 0) is 57.7 Å². The summed E-state index contributed by atoms with van der Waals surface area (Å²) in [4.78, 5) is 12.5. The lowest BCUT2D eigenvalue weighted by atomic mass is 9.93. The average Bonchev–Trinajstić information content (AvgIpc) is 2.82. The van der Waals surface area contributed by atoms with Crippen molar-refractivity contribution in [2.24, 2.45) is 10.8 Å². The molecule has 2 rings (SSSR count). The fourth-order valence-electron chi connectivity index (χ4n) is 2.60. The van der Waals surface area contributed by atoms with Crippen LogP contribution in [0.25, 0.3) is 0 Å². The second-order valence-electron chi connectivity index (χ2n) is 6.37. The molecular weight excluding hydrogens is 317 g/mol. The quantitative estimate of drug-likeness (QED) is 0.664. The summed E-state index contributed by atoms with van der Waals surface area (Å²) < 4.78 is 13.3. The lowest BCUT2D eigenvalue weighted by molar-refractivity contribution is -0.130. The van der Waals surface area contributed by atoms with Gasteiger partial charge in [0.15, 0.2) is 0 Å². The Kier molecular flexibility index (Phi) is 6.86. The van der Waals surface area contributed by atoms with Crippen molar-refractivity contribution in [2.75, 3.05) is 0 Å². The van der Waals surface area contributed by atoms with E-state index in [1.807, 2.05) is 27.7 Å². The molecule has 1 aromatic rings. The minimum atomic E-state index is -0.433. The Bertz CT molecular complexity index is 732. The number of rotatable bonds is 3. The van der Waals surface area contributed by atoms with Crippen molar-refractivity contribution in [1.82, 2.24) is 5.01 Å². The number of carbonyl (C=O) groups excluding carboxylic acids is 1. The first-order chi connectivity index (χ1) is 11.7. The van der Waals surface area contributed by atoms with Crippen molar-refractivity contribution >= 4 is 11.6 Å². The zero-order chi connectivity index (χ0) is 19.2. The Morgan fingerprint density at radius 2 is 2.04 bits per heavy atom. The molecule has 0 bridgehead atoms. The van der Waals surface area contributed by atoms with E-state index in [2.05, 4.69) is 24.0 Å².